The molecule has 6 nitrogen and oxygen atoms in total. The monoisotopic (exact) mass is 489 g/mol. The van der Waals surface area contributed by atoms with Gasteiger partial charge in [-0.05, 0) is 83.4 Å². The third kappa shape index (κ3) is 7.72. The topological polar surface area (TPSA) is 87.3 Å². The number of carbonyl (C=O) groups is 3. The first-order valence-electron chi connectivity index (χ1n) is 11.5. The average molecular weight is 490 g/mol. The summed E-state index contributed by atoms with van der Waals surface area (Å²) >= 11 is 1.07. The summed E-state index contributed by atoms with van der Waals surface area (Å²) in [6.45, 7) is 8.41. The van der Waals surface area contributed by atoms with Crippen LogP contribution < -0.4 is 15.4 Å². The molecule has 0 radical (unpaired) electrons. The second-order valence-corrected chi connectivity index (χ2v) is 10.1. The molecule has 0 fully saturated rings. The first kappa shape index (κ1) is 26.0. The summed E-state index contributed by atoms with van der Waals surface area (Å²) in [7, 11) is 0. The molecule has 0 unspecified atom stereocenters. The Morgan fingerprint density at radius 3 is 1.91 bits per heavy atom. The van der Waals surface area contributed by atoms with Crippen LogP contribution in [0.25, 0.3) is 0 Å². The number of hydrogen-bond donors (Lipinski definition) is 3. The largest absolute Gasteiger partial charge is 0.331 e. The van der Waals surface area contributed by atoms with Gasteiger partial charge >= 0.3 is 6.03 Å². The van der Waals surface area contributed by atoms with Crippen molar-refractivity contribution in [2.24, 2.45) is 0 Å². The Morgan fingerprint density at radius 2 is 1.34 bits per heavy atom. The molecule has 3 N–H and O–H groups in total. The number of aryl methyl sites for hydroxylation is 1. The van der Waals surface area contributed by atoms with Gasteiger partial charge in [0.25, 0.3) is 11.8 Å². The maximum absolute atomic E-state index is 12.5. The Hall–Kier alpha value is -3.58. The van der Waals surface area contributed by atoms with E-state index >= 15 is 0 Å². The van der Waals surface area contributed by atoms with Gasteiger partial charge in [0.2, 0.25) is 0 Å². The molecule has 35 heavy (non-hydrogen) atoms. The van der Waals surface area contributed by atoms with Crippen LogP contribution in [-0.4, -0.2) is 17.8 Å². The minimum absolute atomic E-state index is 0.0127. The fourth-order valence-corrected chi connectivity index (χ4v) is 3.88. The lowest BCUT2D eigenvalue weighted by molar-refractivity contribution is 0.0964. The van der Waals surface area contributed by atoms with Crippen molar-refractivity contribution < 1.29 is 14.4 Å². The van der Waals surface area contributed by atoms with Crippen molar-refractivity contribution >= 4 is 35.5 Å². The first-order valence-corrected chi connectivity index (χ1v) is 12.4. The molecule has 3 aromatic carbocycles. The Morgan fingerprint density at radius 1 is 0.771 bits per heavy atom. The van der Waals surface area contributed by atoms with E-state index in [1.165, 1.54) is 5.56 Å². The quantitative estimate of drug-likeness (QED) is 0.338. The van der Waals surface area contributed by atoms with Crippen molar-refractivity contribution in [1.29, 1.82) is 0 Å². The molecule has 0 aromatic heterocycles. The zero-order chi connectivity index (χ0) is 25.4. The Balaban J connectivity index is 1.47. The molecule has 7 heteroatoms. The molecule has 3 rings (SSSR count). The van der Waals surface area contributed by atoms with E-state index in [1.54, 1.807) is 36.4 Å². The summed E-state index contributed by atoms with van der Waals surface area (Å²) in [6, 6.07) is 21.3. The second-order valence-electron chi connectivity index (χ2n) is 9.24. The molecule has 4 amide bonds. The number of urea groups is 1. The number of hydrogen-bond acceptors (Lipinski definition) is 4. The summed E-state index contributed by atoms with van der Waals surface area (Å²) in [5, 5.41) is 5.19. The molecule has 0 aliphatic carbocycles. The summed E-state index contributed by atoms with van der Waals surface area (Å²) in [4.78, 5) is 37.7. The second kappa shape index (κ2) is 11.7. The zero-order valence-electron chi connectivity index (χ0n) is 20.5. The molecule has 0 aliphatic heterocycles. The lowest BCUT2D eigenvalue weighted by atomic mass is 9.87. The normalized spacial score (nSPS) is 11.0. The van der Waals surface area contributed by atoms with Gasteiger partial charge < -0.3 is 5.32 Å². The number of rotatable bonds is 7. The van der Waals surface area contributed by atoms with Gasteiger partial charge in [-0.25, -0.2) is 4.79 Å². The molecular formula is C28H31N3O3S. The van der Waals surface area contributed by atoms with Gasteiger partial charge in [0, 0.05) is 21.7 Å². The highest BCUT2D eigenvalue weighted by Gasteiger charge is 2.15. The summed E-state index contributed by atoms with van der Waals surface area (Å²) in [6.07, 6.45) is 2.06. The molecule has 0 bridgehead atoms. The highest BCUT2D eigenvalue weighted by atomic mass is 32.2. The van der Waals surface area contributed by atoms with Crippen LogP contribution in [-0.2, 0) is 11.8 Å². The smallest absolute Gasteiger partial charge is 0.322 e. The van der Waals surface area contributed by atoms with Crippen molar-refractivity contribution in [3.63, 3.8) is 0 Å². The predicted molar refractivity (Wildman–Crippen MR) is 142 cm³/mol. The molecule has 0 spiro atoms. The Labute approximate surface area is 211 Å². The molecular weight excluding hydrogens is 458 g/mol. The van der Waals surface area contributed by atoms with E-state index in [0.717, 1.165) is 35.2 Å². The Bertz CT molecular complexity index is 1170. The van der Waals surface area contributed by atoms with Crippen molar-refractivity contribution in [3.05, 3.63) is 95.1 Å². The molecule has 0 saturated heterocycles. The van der Waals surface area contributed by atoms with Gasteiger partial charge in [0.1, 0.15) is 0 Å². The Kier molecular flexibility index (Phi) is 8.71. The molecule has 0 heterocycles. The molecule has 0 atom stereocenters. The van der Waals surface area contributed by atoms with E-state index in [-0.39, 0.29) is 11.3 Å². The molecule has 3 aromatic rings. The summed E-state index contributed by atoms with van der Waals surface area (Å²) < 4.78 is 2.60. The number of anilines is 1. The summed E-state index contributed by atoms with van der Waals surface area (Å²) in [5.74, 6) is -0.649. The van der Waals surface area contributed by atoms with E-state index in [0.29, 0.717) is 16.8 Å². The van der Waals surface area contributed by atoms with E-state index in [1.807, 2.05) is 36.4 Å². The van der Waals surface area contributed by atoms with Gasteiger partial charge in [0.15, 0.2) is 0 Å². The SMILES string of the molecule is CCCc1ccc(C(=O)Nc2ccc(SNC(=O)NC(=O)c3ccc(C(C)(C)C)cc3)cc2)cc1. The van der Waals surface area contributed by atoms with Gasteiger partial charge in [-0.1, -0.05) is 58.4 Å². The van der Waals surface area contributed by atoms with E-state index in [4.69, 9.17) is 0 Å². The standard InChI is InChI=1S/C28H31N3O3S/c1-5-6-19-7-9-20(10-8-19)25(32)29-23-15-17-24(18-16-23)35-31-27(34)30-26(33)21-11-13-22(14-12-21)28(2,3)4/h7-18H,5-6H2,1-4H3,(H,29,32)(H2,30,31,33,34). The third-order valence-corrected chi connectivity index (χ3v) is 6.16. The van der Waals surface area contributed by atoms with Crippen molar-refractivity contribution in [2.75, 3.05) is 5.32 Å². The van der Waals surface area contributed by atoms with Gasteiger partial charge in [-0.2, -0.15) is 0 Å². The van der Waals surface area contributed by atoms with E-state index < -0.39 is 11.9 Å². The molecule has 182 valence electrons. The van der Waals surface area contributed by atoms with Crippen LogP contribution in [0.4, 0.5) is 10.5 Å². The van der Waals surface area contributed by atoms with Gasteiger partial charge in [-0.15, -0.1) is 0 Å². The van der Waals surface area contributed by atoms with Crippen molar-refractivity contribution in [3.8, 4) is 0 Å². The van der Waals surface area contributed by atoms with Crippen LogP contribution in [0.15, 0.2) is 77.7 Å². The van der Waals surface area contributed by atoms with Crippen LogP contribution in [0.3, 0.4) is 0 Å². The molecule has 0 saturated carbocycles. The van der Waals surface area contributed by atoms with E-state index in [2.05, 4.69) is 43.1 Å². The maximum atomic E-state index is 12.5. The number of amides is 4. The highest BCUT2D eigenvalue weighted by molar-refractivity contribution is 7.98. The minimum Gasteiger partial charge on any atom is -0.322 e. The predicted octanol–water partition coefficient (Wildman–Crippen LogP) is 6.34. The lowest BCUT2D eigenvalue weighted by Crippen LogP contribution is -2.36. The fourth-order valence-electron chi connectivity index (χ4n) is 3.35. The first-order chi connectivity index (χ1) is 16.7. The van der Waals surface area contributed by atoms with Crippen LogP contribution in [0, 0.1) is 0 Å². The number of benzene rings is 3. The lowest BCUT2D eigenvalue weighted by Gasteiger charge is -2.19. The van der Waals surface area contributed by atoms with Crippen LogP contribution in [0.2, 0.25) is 0 Å². The number of carbonyl (C=O) groups excluding carboxylic acids is 3. The van der Waals surface area contributed by atoms with Crippen molar-refractivity contribution in [2.45, 2.75) is 50.8 Å². The highest BCUT2D eigenvalue weighted by Crippen LogP contribution is 2.22. The fraction of sp³-hybridized carbons (Fsp3) is 0.250. The van der Waals surface area contributed by atoms with Gasteiger partial charge in [-0.3, -0.25) is 19.6 Å². The van der Waals surface area contributed by atoms with E-state index in [9.17, 15) is 14.4 Å². The zero-order valence-corrected chi connectivity index (χ0v) is 21.3. The average Bonchev–Trinajstić information content (AvgIpc) is 2.84. The minimum atomic E-state index is -0.608. The maximum Gasteiger partial charge on any atom is 0.331 e. The van der Waals surface area contributed by atoms with Crippen molar-refractivity contribution in [1.82, 2.24) is 10.0 Å². The number of imide groups is 1. The third-order valence-electron chi connectivity index (χ3n) is 5.37. The molecule has 0 aliphatic rings. The number of nitrogens with one attached hydrogen (secondary N) is 3. The summed E-state index contributed by atoms with van der Waals surface area (Å²) in [5.41, 5.74) is 3.97. The van der Waals surface area contributed by atoms with Crippen LogP contribution in [0.5, 0.6) is 0 Å². The van der Waals surface area contributed by atoms with Crippen LogP contribution >= 0.6 is 11.9 Å². The van der Waals surface area contributed by atoms with Gasteiger partial charge in [0.05, 0.1) is 0 Å². The van der Waals surface area contributed by atoms with Crippen LogP contribution in [0.1, 0.15) is 66.0 Å².